The highest BCUT2D eigenvalue weighted by molar-refractivity contribution is 6.31. The largest absolute Gasteiger partial charge is 0.322 e. The highest BCUT2D eigenvalue weighted by atomic mass is 35.5. The van der Waals surface area contributed by atoms with Crippen molar-refractivity contribution in [1.82, 2.24) is 9.80 Å². The molecule has 2 amide bonds. The van der Waals surface area contributed by atoms with Crippen LogP contribution in [0.4, 0.5) is 10.5 Å². The summed E-state index contributed by atoms with van der Waals surface area (Å²) in [5.74, 6) is 0. The molecule has 0 bridgehead atoms. The summed E-state index contributed by atoms with van der Waals surface area (Å²) in [6.45, 7) is 8.79. The lowest BCUT2D eigenvalue weighted by molar-refractivity contribution is 0.146. The van der Waals surface area contributed by atoms with Crippen molar-refractivity contribution in [3.8, 4) is 0 Å². The molecule has 0 unspecified atom stereocenters. The molecule has 1 aliphatic heterocycles. The van der Waals surface area contributed by atoms with E-state index in [1.807, 2.05) is 24.0 Å². The molecule has 1 N–H and O–H groups in total. The zero-order valence-corrected chi connectivity index (χ0v) is 13.6. The molecule has 1 fully saturated rings. The van der Waals surface area contributed by atoms with Crippen LogP contribution in [0.2, 0.25) is 5.02 Å². The van der Waals surface area contributed by atoms with Gasteiger partial charge in [-0.25, -0.2) is 4.79 Å². The fourth-order valence-electron chi connectivity index (χ4n) is 2.43. The Morgan fingerprint density at radius 2 is 2.00 bits per heavy atom. The number of aryl methyl sites for hydroxylation is 1. The lowest BCUT2D eigenvalue weighted by atomic mass is 10.2. The monoisotopic (exact) mass is 309 g/mol. The van der Waals surface area contributed by atoms with Crippen molar-refractivity contribution in [2.45, 2.75) is 26.7 Å². The van der Waals surface area contributed by atoms with Crippen LogP contribution in [0, 0.1) is 6.92 Å². The molecule has 0 atom stereocenters. The van der Waals surface area contributed by atoms with Gasteiger partial charge < -0.3 is 10.2 Å². The molecule has 5 heteroatoms. The number of halogens is 1. The van der Waals surface area contributed by atoms with Crippen molar-refractivity contribution >= 4 is 23.3 Å². The van der Waals surface area contributed by atoms with Crippen molar-refractivity contribution in [2.24, 2.45) is 0 Å². The summed E-state index contributed by atoms with van der Waals surface area (Å²) in [6, 6.07) is 5.56. The SMILES string of the molecule is CCCCN1CCN(C(=O)Nc2ccc(C)c(Cl)c2)CC1. The standard InChI is InChI=1S/C16H24ClN3O/c1-3-4-7-19-8-10-20(11-9-19)16(21)18-14-6-5-13(2)15(17)12-14/h5-6,12H,3-4,7-11H2,1-2H3,(H,18,21). The number of rotatable bonds is 4. The number of benzene rings is 1. The zero-order chi connectivity index (χ0) is 15.2. The third-order valence-electron chi connectivity index (χ3n) is 3.91. The topological polar surface area (TPSA) is 35.6 Å². The van der Waals surface area contributed by atoms with E-state index in [9.17, 15) is 4.79 Å². The number of amides is 2. The van der Waals surface area contributed by atoms with Gasteiger partial charge in [0.2, 0.25) is 0 Å². The third kappa shape index (κ3) is 4.61. The highest BCUT2D eigenvalue weighted by Crippen LogP contribution is 2.20. The Kier molecular flexibility index (Phi) is 5.88. The average Bonchev–Trinajstić information content (AvgIpc) is 2.49. The van der Waals surface area contributed by atoms with E-state index in [1.54, 1.807) is 6.07 Å². The number of carbonyl (C=O) groups is 1. The van der Waals surface area contributed by atoms with E-state index in [2.05, 4.69) is 17.1 Å². The van der Waals surface area contributed by atoms with Crippen molar-refractivity contribution < 1.29 is 4.79 Å². The molecule has 1 heterocycles. The number of anilines is 1. The van der Waals surface area contributed by atoms with Gasteiger partial charge in [0.1, 0.15) is 0 Å². The van der Waals surface area contributed by atoms with Crippen LogP contribution >= 0.6 is 11.6 Å². The number of hydrogen-bond acceptors (Lipinski definition) is 2. The van der Waals surface area contributed by atoms with E-state index in [1.165, 1.54) is 12.8 Å². The Morgan fingerprint density at radius 1 is 1.29 bits per heavy atom. The Balaban J connectivity index is 1.83. The second-order valence-electron chi connectivity index (χ2n) is 5.58. The van der Waals surface area contributed by atoms with Gasteiger partial charge in [0.15, 0.2) is 0 Å². The number of hydrogen-bond donors (Lipinski definition) is 1. The number of nitrogens with one attached hydrogen (secondary N) is 1. The van der Waals surface area contributed by atoms with Gasteiger partial charge in [0.05, 0.1) is 0 Å². The fourth-order valence-corrected chi connectivity index (χ4v) is 2.61. The molecular formula is C16H24ClN3O. The van der Waals surface area contributed by atoms with Gasteiger partial charge in [0, 0.05) is 36.9 Å². The molecule has 1 aliphatic rings. The first-order valence-electron chi connectivity index (χ1n) is 7.64. The molecule has 1 aromatic carbocycles. The second kappa shape index (κ2) is 7.66. The van der Waals surface area contributed by atoms with Gasteiger partial charge in [-0.2, -0.15) is 0 Å². The van der Waals surface area contributed by atoms with Gasteiger partial charge in [-0.15, -0.1) is 0 Å². The number of urea groups is 1. The molecule has 0 aliphatic carbocycles. The smallest absolute Gasteiger partial charge is 0.321 e. The highest BCUT2D eigenvalue weighted by Gasteiger charge is 2.20. The first kappa shape index (κ1) is 16.1. The average molecular weight is 310 g/mol. The van der Waals surface area contributed by atoms with E-state index in [0.29, 0.717) is 5.02 Å². The van der Waals surface area contributed by atoms with Crippen LogP contribution in [0.5, 0.6) is 0 Å². The van der Waals surface area contributed by atoms with Crippen LogP contribution in [0.1, 0.15) is 25.3 Å². The van der Waals surface area contributed by atoms with E-state index in [4.69, 9.17) is 11.6 Å². The maximum atomic E-state index is 12.2. The van der Waals surface area contributed by atoms with E-state index >= 15 is 0 Å². The predicted octanol–water partition coefficient (Wildman–Crippen LogP) is 3.60. The van der Waals surface area contributed by atoms with Crippen LogP contribution < -0.4 is 5.32 Å². The minimum absolute atomic E-state index is 0.0370. The summed E-state index contributed by atoms with van der Waals surface area (Å²) in [5.41, 5.74) is 1.77. The first-order valence-corrected chi connectivity index (χ1v) is 8.02. The van der Waals surface area contributed by atoms with Gasteiger partial charge in [-0.1, -0.05) is 31.0 Å². The van der Waals surface area contributed by atoms with E-state index < -0.39 is 0 Å². The molecule has 21 heavy (non-hydrogen) atoms. The van der Waals surface area contributed by atoms with Gasteiger partial charge in [0.25, 0.3) is 0 Å². The number of unbranched alkanes of at least 4 members (excludes halogenated alkanes) is 1. The Bertz CT molecular complexity index is 484. The minimum atomic E-state index is -0.0370. The summed E-state index contributed by atoms with van der Waals surface area (Å²) in [5, 5.41) is 3.60. The van der Waals surface area contributed by atoms with Gasteiger partial charge in [-0.3, -0.25) is 4.90 Å². The first-order chi connectivity index (χ1) is 10.1. The fraction of sp³-hybridized carbons (Fsp3) is 0.562. The maximum absolute atomic E-state index is 12.2. The van der Waals surface area contributed by atoms with E-state index in [-0.39, 0.29) is 6.03 Å². The van der Waals surface area contributed by atoms with Crippen molar-refractivity contribution in [3.05, 3.63) is 28.8 Å². The second-order valence-corrected chi connectivity index (χ2v) is 5.98. The molecule has 2 rings (SSSR count). The molecule has 116 valence electrons. The molecule has 0 radical (unpaired) electrons. The van der Waals surface area contributed by atoms with Gasteiger partial charge >= 0.3 is 6.03 Å². The summed E-state index contributed by atoms with van der Waals surface area (Å²) in [7, 11) is 0. The lowest BCUT2D eigenvalue weighted by Gasteiger charge is -2.34. The van der Waals surface area contributed by atoms with Crippen LogP contribution in [-0.4, -0.2) is 48.6 Å². The molecule has 1 aromatic rings. The summed E-state index contributed by atoms with van der Waals surface area (Å²) in [4.78, 5) is 16.5. The molecular weight excluding hydrogens is 286 g/mol. The summed E-state index contributed by atoms with van der Waals surface area (Å²) in [6.07, 6.45) is 2.45. The molecule has 0 saturated carbocycles. The predicted molar refractivity (Wildman–Crippen MR) is 88.1 cm³/mol. The maximum Gasteiger partial charge on any atom is 0.321 e. The van der Waals surface area contributed by atoms with Crippen molar-refractivity contribution in [2.75, 3.05) is 38.0 Å². The Morgan fingerprint density at radius 3 is 2.62 bits per heavy atom. The van der Waals surface area contributed by atoms with Crippen molar-refractivity contribution in [1.29, 1.82) is 0 Å². The lowest BCUT2D eigenvalue weighted by Crippen LogP contribution is -2.50. The molecule has 0 spiro atoms. The molecule has 1 saturated heterocycles. The van der Waals surface area contributed by atoms with Crippen LogP contribution in [0.25, 0.3) is 0 Å². The zero-order valence-electron chi connectivity index (χ0n) is 12.9. The number of nitrogens with zero attached hydrogens (tertiary/aromatic N) is 2. The summed E-state index contributed by atoms with van der Waals surface area (Å²) < 4.78 is 0. The number of carbonyl (C=O) groups excluding carboxylic acids is 1. The molecule has 0 aromatic heterocycles. The van der Waals surface area contributed by atoms with Gasteiger partial charge in [-0.05, 0) is 37.6 Å². The van der Waals surface area contributed by atoms with Crippen LogP contribution in [0.3, 0.4) is 0 Å². The Hall–Kier alpha value is -1.26. The van der Waals surface area contributed by atoms with Crippen molar-refractivity contribution in [3.63, 3.8) is 0 Å². The number of piperazine rings is 1. The van der Waals surface area contributed by atoms with Crippen LogP contribution in [-0.2, 0) is 0 Å². The molecule has 4 nitrogen and oxygen atoms in total. The normalized spacial score (nSPS) is 16.0. The van der Waals surface area contributed by atoms with Crippen LogP contribution in [0.15, 0.2) is 18.2 Å². The van der Waals surface area contributed by atoms with E-state index in [0.717, 1.165) is 44.0 Å². The third-order valence-corrected chi connectivity index (χ3v) is 4.32. The quantitative estimate of drug-likeness (QED) is 0.922. The summed E-state index contributed by atoms with van der Waals surface area (Å²) >= 11 is 6.08. The Labute approximate surface area is 132 Å². The minimum Gasteiger partial charge on any atom is -0.322 e.